The summed E-state index contributed by atoms with van der Waals surface area (Å²) >= 11 is 7.80. The van der Waals surface area contributed by atoms with Gasteiger partial charge in [0, 0.05) is 34.3 Å². The number of carbonyl (C=O) groups excluding carboxylic acids is 1. The zero-order chi connectivity index (χ0) is 16.2. The van der Waals surface area contributed by atoms with Crippen LogP contribution >= 0.6 is 23.5 Å². The molecule has 120 valence electrons. The first-order valence-electron chi connectivity index (χ1n) is 7.71. The zero-order valence-corrected chi connectivity index (χ0v) is 14.6. The number of hydrogen-bond donors (Lipinski definition) is 1. The van der Waals surface area contributed by atoms with Gasteiger partial charge >= 0.3 is 0 Å². The van der Waals surface area contributed by atoms with Crippen molar-refractivity contribution in [3.8, 4) is 0 Å². The molecule has 1 aliphatic heterocycles. The fourth-order valence-electron chi connectivity index (χ4n) is 2.57. The summed E-state index contributed by atoms with van der Waals surface area (Å²) in [5.41, 5.74) is 3.47. The highest BCUT2D eigenvalue weighted by molar-refractivity contribution is 8.00. The van der Waals surface area contributed by atoms with Crippen LogP contribution in [0, 0.1) is 6.92 Å². The molecule has 2 aromatic rings. The average molecular weight is 347 g/mol. The van der Waals surface area contributed by atoms with Crippen LogP contribution in [0.15, 0.2) is 42.5 Å². The van der Waals surface area contributed by atoms with E-state index in [1.165, 1.54) is 12.8 Å². The summed E-state index contributed by atoms with van der Waals surface area (Å²) in [6.45, 7) is 2.99. The van der Waals surface area contributed by atoms with Crippen LogP contribution in [0.25, 0.3) is 0 Å². The molecule has 3 nitrogen and oxygen atoms in total. The maximum atomic E-state index is 12.6. The van der Waals surface area contributed by atoms with Crippen molar-refractivity contribution < 1.29 is 4.79 Å². The van der Waals surface area contributed by atoms with E-state index in [1.54, 1.807) is 12.1 Å². The lowest BCUT2D eigenvalue weighted by molar-refractivity contribution is 0.102. The summed E-state index contributed by atoms with van der Waals surface area (Å²) in [5, 5.41) is 3.53. The summed E-state index contributed by atoms with van der Waals surface area (Å²) in [6, 6.07) is 13.3. The fraction of sp³-hybridized carbons (Fsp3) is 0.278. The van der Waals surface area contributed by atoms with Gasteiger partial charge in [-0.15, -0.1) is 0 Å². The first kappa shape index (κ1) is 16.2. The van der Waals surface area contributed by atoms with E-state index < -0.39 is 0 Å². The largest absolute Gasteiger partial charge is 0.322 e. The van der Waals surface area contributed by atoms with Crippen LogP contribution < -0.4 is 9.62 Å². The van der Waals surface area contributed by atoms with E-state index in [2.05, 4.69) is 15.7 Å². The summed E-state index contributed by atoms with van der Waals surface area (Å²) in [7, 11) is 0. The third-order valence-corrected chi connectivity index (χ3v) is 5.25. The average Bonchev–Trinajstić information content (AvgIpc) is 2.56. The van der Waals surface area contributed by atoms with Crippen LogP contribution in [0.3, 0.4) is 0 Å². The predicted molar refractivity (Wildman–Crippen MR) is 99.6 cm³/mol. The molecule has 0 saturated carbocycles. The summed E-state index contributed by atoms with van der Waals surface area (Å²) in [6.07, 6.45) is 2.46. The predicted octanol–water partition coefficient (Wildman–Crippen LogP) is 5.15. The second-order valence-corrected chi connectivity index (χ2v) is 7.15. The van der Waals surface area contributed by atoms with Crippen LogP contribution in [-0.4, -0.2) is 18.2 Å². The van der Waals surface area contributed by atoms with Gasteiger partial charge in [-0.2, -0.15) is 0 Å². The molecule has 0 unspecified atom stereocenters. The molecule has 0 aromatic heterocycles. The molecule has 0 spiro atoms. The number of amides is 1. The van der Waals surface area contributed by atoms with Crippen molar-refractivity contribution in [3.05, 3.63) is 58.6 Å². The number of anilines is 2. The second-order valence-electron chi connectivity index (χ2n) is 5.61. The maximum absolute atomic E-state index is 12.6. The zero-order valence-electron chi connectivity index (χ0n) is 13.0. The number of aryl methyl sites for hydroxylation is 1. The highest BCUT2D eigenvalue weighted by Gasteiger charge is 2.16. The molecule has 5 heteroatoms. The van der Waals surface area contributed by atoms with E-state index in [9.17, 15) is 4.79 Å². The Kier molecular flexibility index (Phi) is 5.13. The molecule has 23 heavy (non-hydrogen) atoms. The lowest BCUT2D eigenvalue weighted by Gasteiger charge is -2.27. The van der Waals surface area contributed by atoms with Crippen LogP contribution in [0.4, 0.5) is 11.4 Å². The quantitative estimate of drug-likeness (QED) is 0.780. The Balaban J connectivity index is 1.81. The molecule has 1 amide bonds. The Morgan fingerprint density at radius 2 is 2.09 bits per heavy atom. The molecule has 1 fully saturated rings. The molecule has 0 radical (unpaired) electrons. The van der Waals surface area contributed by atoms with E-state index in [4.69, 9.17) is 11.6 Å². The Morgan fingerprint density at radius 3 is 2.83 bits per heavy atom. The number of hydrogen-bond acceptors (Lipinski definition) is 3. The van der Waals surface area contributed by atoms with Crippen LogP contribution in [0.5, 0.6) is 0 Å². The van der Waals surface area contributed by atoms with Gasteiger partial charge in [0.1, 0.15) is 0 Å². The molecule has 0 atom stereocenters. The van der Waals surface area contributed by atoms with Crippen LogP contribution in [0.2, 0.25) is 5.02 Å². The molecule has 2 aromatic carbocycles. The van der Waals surface area contributed by atoms with Gasteiger partial charge in [0.05, 0.1) is 0 Å². The van der Waals surface area contributed by atoms with E-state index in [1.807, 2.05) is 43.1 Å². The molecule has 3 rings (SSSR count). The first-order chi connectivity index (χ1) is 11.1. The second kappa shape index (κ2) is 7.28. The number of nitrogens with one attached hydrogen (secondary N) is 1. The normalized spacial score (nSPS) is 14.6. The van der Waals surface area contributed by atoms with E-state index in [0.29, 0.717) is 16.3 Å². The summed E-state index contributed by atoms with van der Waals surface area (Å²) in [5.74, 6) is 1.03. The number of carbonyl (C=O) groups is 1. The van der Waals surface area contributed by atoms with Crippen molar-refractivity contribution >= 4 is 40.8 Å². The molecular formula is C18H19ClN2OS. The molecule has 0 aliphatic carbocycles. The van der Waals surface area contributed by atoms with Crippen LogP contribution in [0.1, 0.15) is 28.8 Å². The summed E-state index contributed by atoms with van der Waals surface area (Å²) in [4.78, 5) is 12.6. The Morgan fingerprint density at radius 1 is 1.22 bits per heavy atom. The van der Waals surface area contributed by atoms with Crippen molar-refractivity contribution in [1.29, 1.82) is 0 Å². The lowest BCUT2D eigenvalue weighted by atomic mass is 10.1. The van der Waals surface area contributed by atoms with Crippen molar-refractivity contribution in [2.75, 3.05) is 21.9 Å². The Bertz CT molecular complexity index is 714. The molecule has 0 bridgehead atoms. The molecular weight excluding hydrogens is 328 g/mol. The Labute approximate surface area is 146 Å². The number of benzene rings is 2. The number of halogens is 1. The van der Waals surface area contributed by atoms with Crippen molar-refractivity contribution in [1.82, 2.24) is 0 Å². The highest BCUT2D eigenvalue weighted by atomic mass is 35.5. The minimum Gasteiger partial charge on any atom is -0.322 e. The van der Waals surface area contributed by atoms with E-state index in [0.717, 1.165) is 23.5 Å². The van der Waals surface area contributed by atoms with Gasteiger partial charge in [-0.05, 0) is 67.6 Å². The van der Waals surface area contributed by atoms with Gasteiger partial charge < -0.3 is 9.62 Å². The summed E-state index contributed by atoms with van der Waals surface area (Å²) < 4.78 is 2.28. The van der Waals surface area contributed by atoms with Crippen molar-refractivity contribution in [2.45, 2.75) is 19.8 Å². The third kappa shape index (κ3) is 4.01. The topological polar surface area (TPSA) is 32.3 Å². The van der Waals surface area contributed by atoms with E-state index >= 15 is 0 Å². The van der Waals surface area contributed by atoms with Gasteiger partial charge in [0.25, 0.3) is 5.91 Å². The SMILES string of the molecule is Cc1ccc(N2CCCCS2)cc1C(=O)Nc1cccc(Cl)c1. The molecule has 1 heterocycles. The number of nitrogens with zero attached hydrogens (tertiary/aromatic N) is 1. The molecule has 1 saturated heterocycles. The fourth-order valence-corrected chi connectivity index (χ4v) is 3.84. The Hall–Kier alpha value is -1.65. The molecule has 1 N–H and O–H groups in total. The monoisotopic (exact) mass is 346 g/mol. The van der Waals surface area contributed by atoms with Gasteiger partial charge in [0.15, 0.2) is 0 Å². The van der Waals surface area contributed by atoms with Gasteiger partial charge in [0.2, 0.25) is 0 Å². The third-order valence-electron chi connectivity index (χ3n) is 3.84. The maximum Gasteiger partial charge on any atom is 0.256 e. The standard InChI is InChI=1S/C18H19ClN2OS/c1-13-7-8-16(21-9-2-3-10-23-21)12-17(13)18(22)20-15-6-4-5-14(19)11-15/h4-8,11-12H,2-3,9-10H2,1H3,(H,20,22). The van der Waals surface area contributed by atoms with Gasteiger partial charge in [-0.1, -0.05) is 23.7 Å². The smallest absolute Gasteiger partial charge is 0.256 e. The van der Waals surface area contributed by atoms with Gasteiger partial charge in [-0.3, -0.25) is 4.79 Å². The molecule has 1 aliphatic rings. The van der Waals surface area contributed by atoms with Gasteiger partial charge in [-0.25, -0.2) is 0 Å². The minimum absolute atomic E-state index is 0.103. The lowest BCUT2D eigenvalue weighted by Crippen LogP contribution is -2.22. The first-order valence-corrected chi connectivity index (χ1v) is 9.03. The minimum atomic E-state index is -0.103. The number of rotatable bonds is 3. The van der Waals surface area contributed by atoms with Crippen LogP contribution in [-0.2, 0) is 0 Å². The van der Waals surface area contributed by atoms with Crippen molar-refractivity contribution in [2.24, 2.45) is 0 Å². The van der Waals surface area contributed by atoms with Crippen molar-refractivity contribution in [3.63, 3.8) is 0 Å². The van der Waals surface area contributed by atoms with E-state index in [-0.39, 0.29) is 5.91 Å². The highest BCUT2D eigenvalue weighted by Crippen LogP contribution is 2.29.